The minimum Gasteiger partial charge on any atom is -0.323 e. The van der Waals surface area contributed by atoms with Gasteiger partial charge in [-0.05, 0) is 33.6 Å². The van der Waals surface area contributed by atoms with Gasteiger partial charge in [0.25, 0.3) is 0 Å². The minimum atomic E-state index is -0.279. The summed E-state index contributed by atoms with van der Waals surface area (Å²) in [5.74, 6) is -0.398. The number of benzene rings is 1. The van der Waals surface area contributed by atoms with E-state index >= 15 is 0 Å². The van der Waals surface area contributed by atoms with Crippen molar-refractivity contribution in [1.29, 1.82) is 0 Å². The van der Waals surface area contributed by atoms with Crippen LogP contribution in [0, 0.1) is 5.82 Å². The lowest BCUT2D eigenvalue weighted by atomic mass is 10.2. The van der Waals surface area contributed by atoms with E-state index in [1.807, 2.05) is 12.3 Å². The van der Waals surface area contributed by atoms with Crippen LogP contribution in [-0.2, 0) is 17.9 Å². The number of halogens is 2. The number of carbonyl (C=O) groups excluding carboxylic acids is 1. The van der Waals surface area contributed by atoms with E-state index in [0.717, 1.165) is 10.0 Å². The molecule has 1 N–H and O–H groups in total. The molecule has 3 aromatic rings. The molecule has 2 heterocycles. The Morgan fingerprint density at radius 2 is 2.04 bits per heavy atom. The molecule has 0 aliphatic carbocycles. The highest BCUT2D eigenvalue weighted by Crippen LogP contribution is 2.10. The molecule has 0 aliphatic rings. The number of amides is 1. The Labute approximate surface area is 146 Å². The van der Waals surface area contributed by atoms with Crippen molar-refractivity contribution >= 4 is 27.5 Å². The van der Waals surface area contributed by atoms with Gasteiger partial charge in [-0.2, -0.15) is 10.2 Å². The molecule has 0 saturated heterocycles. The van der Waals surface area contributed by atoms with Crippen LogP contribution in [0.3, 0.4) is 0 Å². The standard InChI is InChI=1S/C16H15BrFN5O/c17-13-7-19-22(10-13)5-4-16(24)21-15-8-20-23(11-15)9-12-2-1-3-14(18)6-12/h1-3,6-8,10-11H,4-5,9H2,(H,21,24). The zero-order valence-electron chi connectivity index (χ0n) is 12.7. The maximum absolute atomic E-state index is 13.2. The SMILES string of the molecule is O=C(CCn1cc(Br)cn1)Nc1cnn(Cc2cccc(F)c2)c1. The first-order chi connectivity index (χ1) is 11.6. The van der Waals surface area contributed by atoms with Crippen molar-refractivity contribution in [2.75, 3.05) is 5.32 Å². The van der Waals surface area contributed by atoms with Crippen LogP contribution >= 0.6 is 15.9 Å². The molecule has 0 bridgehead atoms. The lowest BCUT2D eigenvalue weighted by molar-refractivity contribution is -0.116. The van der Waals surface area contributed by atoms with E-state index in [1.54, 1.807) is 34.0 Å². The van der Waals surface area contributed by atoms with Crippen molar-refractivity contribution in [2.24, 2.45) is 0 Å². The summed E-state index contributed by atoms with van der Waals surface area (Å²) in [6, 6.07) is 6.34. The second kappa shape index (κ2) is 7.39. The third-order valence-electron chi connectivity index (χ3n) is 3.32. The summed E-state index contributed by atoms with van der Waals surface area (Å²) in [5.41, 5.74) is 1.42. The number of rotatable bonds is 6. The normalized spacial score (nSPS) is 10.8. The fourth-order valence-electron chi connectivity index (χ4n) is 2.24. The third-order valence-corrected chi connectivity index (χ3v) is 3.73. The molecular formula is C16H15BrFN5O. The van der Waals surface area contributed by atoms with Crippen LogP contribution in [0.15, 0.2) is 53.5 Å². The molecule has 24 heavy (non-hydrogen) atoms. The van der Waals surface area contributed by atoms with Crippen molar-refractivity contribution < 1.29 is 9.18 Å². The van der Waals surface area contributed by atoms with Gasteiger partial charge in [0.15, 0.2) is 0 Å². The third kappa shape index (κ3) is 4.51. The molecule has 0 aliphatic heterocycles. The first kappa shape index (κ1) is 16.4. The average Bonchev–Trinajstić information content (AvgIpc) is 3.14. The van der Waals surface area contributed by atoms with Crippen LogP contribution in [0.5, 0.6) is 0 Å². The van der Waals surface area contributed by atoms with E-state index in [2.05, 4.69) is 31.4 Å². The van der Waals surface area contributed by atoms with E-state index in [1.165, 1.54) is 12.1 Å². The average molecular weight is 392 g/mol. The molecule has 6 nitrogen and oxygen atoms in total. The summed E-state index contributed by atoms with van der Waals surface area (Å²) < 4.78 is 17.4. The van der Waals surface area contributed by atoms with E-state index in [-0.39, 0.29) is 11.7 Å². The second-order valence-electron chi connectivity index (χ2n) is 5.28. The van der Waals surface area contributed by atoms with Gasteiger partial charge in [-0.15, -0.1) is 0 Å². The van der Waals surface area contributed by atoms with Crippen LogP contribution < -0.4 is 5.32 Å². The number of nitrogens with one attached hydrogen (secondary N) is 1. The molecule has 1 aromatic carbocycles. The van der Waals surface area contributed by atoms with Gasteiger partial charge in [0, 0.05) is 25.4 Å². The monoisotopic (exact) mass is 391 g/mol. The first-order valence-corrected chi connectivity index (χ1v) is 8.12. The topological polar surface area (TPSA) is 64.7 Å². The summed E-state index contributed by atoms with van der Waals surface area (Å²) >= 11 is 3.31. The smallest absolute Gasteiger partial charge is 0.226 e. The van der Waals surface area contributed by atoms with Crippen molar-refractivity contribution in [3.8, 4) is 0 Å². The number of carbonyl (C=O) groups is 1. The molecule has 2 aromatic heterocycles. The fraction of sp³-hybridized carbons (Fsp3) is 0.188. The molecule has 8 heteroatoms. The van der Waals surface area contributed by atoms with Crippen LogP contribution in [0.4, 0.5) is 10.1 Å². The summed E-state index contributed by atoms with van der Waals surface area (Å²) in [4.78, 5) is 12.0. The van der Waals surface area contributed by atoms with Gasteiger partial charge < -0.3 is 5.32 Å². The lowest BCUT2D eigenvalue weighted by Crippen LogP contribution is -2.14. The van der Waals surface area contributed by atoms with E-state index < -0.39 is 0 Å². The molecule has 1 amide bonds. The van der Waals surface area contributed by atoms with Crippen LogP contribution in [0.1, 0.15) is 12.0 Å². The molecule has 0 unspecified atom stereocenters. The number of aryl methyl sites for hydroxylation is 1. The molecule has 0 atom stereocenters. The van der Waals surface area contributed by atoms with Gasteiger partial charge in [-0.3, -0.25) is 14.2 Å². The van der Waals surface area contributed by atoms with Gasteiger partial charge in [0.2, 0.25) is 5.91 Å². The first-order valence-electron chi connectivity index (χ1n) is 7.33. The Kier molecular flexibility index (Phi) is 5.05. The number of aromatic nitrogens is 4. The maximum Gasteiger partial charge on any atom is 0.226 e. The highest BCUT2D eigenvalue weighted by molar-refractivity contribution is 9.10. The van der Waals surface area contributed by atoms with Gasteiger partial charge in [0.05, 0.1) is 29.1 Å². The predicted octanol–water partition coefficient (Wildman–Crippen LogP) is 3.06. The Balaban J connectivity index is 1.52. The second-order valence-corrected chi connectivity index (χ2v) is 6.19. The molecule has 0 radical (unpaired) electrons. The maximum atomic E-state index is 13.2. The largest absolute Gasteiger partial charge is 0.323 e. The molecule has 0 fully saturated rings. The fourth-order valence-corrected chi connectivity index (χ4v) is 2.57. The van der Waals surface area contributed by atoms with E-state index in [0.29, 0.717) is 25.2 Å². The van der Waals surface area contributed by atoms with Gasteiger partial charge in [0.1, 0.15) is 5.82 Å². The number of nitrogens with zero attached hydrogens (tertiary/aromatic N) is 4. The Morgan fingerprint density at radius 3 is 2.79 bits per heavy atom. The Morgan fingerprint density at radius 1 is 1.21 bits per heavy atom. The van der Waals surface area contributed by atoms with Gasteiger partial charge in [-0.25, -0.2) is 4.39 Å². The molecule has 0 saturated carbocycles. The lowest BCUT2D eigenvalue weighted by Gasteiger charge is -2.03. The van der Waals surface area contributed by atoms with Crippen molar-refractivity contribution in [3.63, 3.8) is 0 Å². The quantitative estimate of drug-likeness (QED) is 0.702. The van der Waals surface area contributed by atoms with Crippen molar-refractivity contribution in [3.05, 3.63) is 64.9 Å². The number of hydrogen-bond donors (Lipinski definition) is 1. The van der Waals surface area contributed by atoms with Crippen LogP contribution in [-0.4, -0.2) is 25.5 Å². The highest BCUT2D eigenvalue weighted by Gasteiger charge is 2.06. The van der Waals surface area contributed by atoms with Crippen molar-refractivity contribution in [1.82, 2.24) is 19.6 Å². The van der Waals surface area contributed by atoms with Gasteiger partial charge >= 0.3 is 0 Å². The van der Waals surface area contributed by atoms with E-state index in [4.69, 9.17) is 0 Å². The van der Waals surface area contributed by atoms with E-state index in [9.17, 15) is 9.18 Å². The number of anilines is 1. The van der Waals surface area contributed by atoms with Gasteiger partial charge in [-0.1, -0.05) is 12.1 Å². The number of hydrogen-bond acceptors (Lipinski definition) is 3. The highest BCUT2D eigenvalue weighted by atomic mass is 79.9. The van der Waals surface area contributed by atoms with Crippen LogP contribution in [0.2, 0.25) is 0 Å². The zero-order chi connectivity index (χ0) is 16.9. The zero-order valence-corrected chi connectivity index (χ0v) is 14.3. The summed E-state index contributed by atoms with van der Waals surface area (Å²) in [5, 5.41) is 11.1. The van der Waals surface area contributed by atoms with Crippen LogP contribution in [0.25, 0.3) is 0 Å². The Bertz CT molecular complexity index is 844. The Hall–Kier alpha value is -2.48. The minimum absolute atomic E-state index is 0.119. The van der Waals surface area contributed by atoms with Crippen molar-refractivity contribution in [2.45, 2.75) is 19.5 Å². The predicted molar refractivity (Wildman–Crippen MR) is 90.9 cm³/mol. The molecule has 3 rings (SSSR count). The summed E-state index contributed by atoms with van der Waals surface area (Å²) in [6.07, 6.45) is 7.08. The summed E-state index contributed by atoms with van der Waals surface area (Å²) in [7, 11) is 0. The molecule has 0 spiro atoms. The molecular weight excluding hydrogens is 377 g/mol. The summed E-state index contributed by atoms with van der Waals surface area (Å²) in [6.45, 7) is 0.934. The molecule has 124 valence electrons.